The predicted octanol–water partition coefficient (Wildman–Crippen LogP) is 17.9. The van der Waals surface area contributed by atoms with Gasteiger partial charge in [0.25, 0.3) is 0 Å². The summed E-state index contributed by atoms with van der Waals surface area (Å²) in [6.45, 7) is 23.6. The zero-order chi connectivity index (χ0) is 57.8. The number of fused-ring (bicyclic) bond motifs is 9. The molecule has 0 radical (unpaired) electrons. The topological polar surface area (TPSA) is 72.9 Å². The molecule has 0 amide bonds. The summed E-state index contributed by atoms with van der Waals surface area (Å²) in [6, 6.07) is 63.0. The maximum absolute atomic E-state index is 16.0. The van der Waals surface area contributed by atoms with Gasteiger partial charge in [-0.05, 0) is 110 Å². The van der Waals surface area contributed by atoms with E-state index in [1.54, 1.807) is 6.07 Å². The number of anilines is 6. The Bertz CT molecular complexity index is 4550. The lowest BCUT2D eigenvalue weighted by Crippen LogP contribution is -2.44. The molecule has 412 valence electrons. The molecule has 12 aromatic rings. The van der Waals surface area contributed by atoms with Crippen molar-refractivity contribution in [3.05, 3.63) is 198 Å². The summed E-state index contributed by atoms with van der Waals surface area (Å²) in [5.74, 6) is -0.299. The molecule has 0 aliphatic heterocycles. The molecule has 82 heavy (non-hydrogen) atoms. The minimum Gasteiger partial charge on any atom is -0.454 e. The Labute approximate surface area is 483 Å². The molecule has 0 aliphatic carbocycles. The maximum Gasteiger partial charge on any atom is 0.159 e. The molecule has 0 unspecified atom stereocenters. The van der Waals surface area contributed by atoms with Gasteiger partial charge in [-0.3, -0.25) is 0 Å². The summed E-state index contributed by atoms with van der Waals surface area (Å²) >= 11 is 0. The first-order valence-corrected chi connectivity index (χ1v) is 38.4. The third-order valence-electron chi connectivity index (χ3n) is 17.1. The molecule has 0 spiro atoms. The van der Waals surface area contributed by atoms with E-state index in [1.807, 2.05) is 55.4 Å². The fraction of sp³-hybridized carbons (Fsp3) is 0.225. The second-order valence-corrected chi connectivity index (χ2v) is 40.2. The Hall–Kier alpha value is -8.15. The van der Waals surface area contributed by atoms with E-state index in [4.69, 9.17) is 13.3 Å². The second-order valence-electron chi connectivity index (χ2n) is 25.9. The standard InChI is InChI=1S/C71H71FN4O3Si3/c1-71(2,3)54-29-15-18-32-57(54)75(5)59-34-20-25-48-49-26-22-36-63(69(49)77-65(48)59)81(10,11)44-46-39-53-51-28-23-37-64(70(51)79-67(53)61(41-46)76(6)58-33-19-16-30-55(58)72)82(12,13)43-45-38-52-50-27-21-35-62(80(7,8)9)68(50)78-66(52)60(40-45)74(4)56-31-17-14-24-47(56)42-73/h14-41H,43-44H2,1-13H3. The fourth-order valence-electron chi connectivity index (χ4n) is 12.9. The van der Waals surface area contributed by atoms with E-state index in [1.165, 1.54) is 32.8 Å². The number of nitriles is 1. The number of benzene rings is 9. The van der Waals surface area contributed by atoms with Crippen LogP contribution in [0.2, 0.25) is 45.8 Å². The zero-order valence-corrected chi connectivity index (χ0v) is 52.5. The highest BCUT2D eigenvalue weighted by Crippen LogP contribution is 2.44. The van der Waals surface area contributed by atoms with Gasteiger partial charge in [-0.15, -0.1) is 0 Å². The van der Waals surface area contributed by atoms with Gasteiger partial charge < -0.3 is 28.0 Å². The van der Waals surface area contributed by atoms with Crippen molar-refractivity contribution in [2.24, 2.45) is 0 Å². The first-order valence-electron chi connectivity index (χ1n) is 28.5. The molecule has 0 atom stereocenters. The molecular formula is C71H71FN4O3Si3. The van der Waals surface area contributed by atoms with E-state index >= 15 is 4.39 Å². The van der Waals surface area contributed by atoms with Crippen molar-refractivity contribution in [3.63, 3.8) is 0 Å². The number of hydrogen-bond donors (Lipinski definition) is 0. The molecule has 0 fully saturated rings. The molecule has 0 saturated heterocycles. The monoisotopic (exact) mass is 1130 g/mol. The van der Waals surface area contributed by atoms with Crippen LogP contribution in [0.25, 0.3) is 65.8 Å². The molecule has 0 aliphatic rings. The lowest BCUT2D eigenvalue weighted by atomic mass is 9.85. The minimum absolute atomic E-state index is 0.0466. The number of furan rings is 3. The number of para-hydroxylation sites is 7. The molecule has 3 heterocycles. The molecule has 7 nitrogen and oxygen atoms in total. The van der Waals surface area contributed by atoms with E-state index in [2.05, 4.69) is 211 Å². The van der Waals surface area contributed by atoms with Gasteiger partial charge in [-0.1, -0.05) is 176 Å². The summed E-state index contributed by atoms with van der Waals surface area (Å²) in [4.78, 5) is 6.35. The Morgan fingerprint density at radius 2 is 0.805 bits per heavy atom. The van der Waals surface area contributed by atoms with Gasteiger partial charge in [0.2, 0.25) is 0 Å². The maximum atomic E-state index is 16.0. The van der Waals surface area contributed by atoms with E-state index < -0.39 is 24.2 Å². The third-order valence-corrected chi connectivity index (χ3v) is 25.4. The fourth-order valence-corrected chi connectivity index (χ4v) is 19.9. The Morgan fingerprint density at radius 3 is 1.32 bits per heavy atom. The first-order chi connectivity index (χ1) is 39.0. The van der Waals surface area contributed by atoms with Gasteiger partial charge >= 0.3 is 0 Å². The van der Waals surface area contributed by atoms with Crippen LogP contribution in [-0.2, 0) is 17.5 Å². The normalized spacial score (nSPS) is 12.6. The SMILES string of the molecule is CN(c1ccccc1C#N)c1cc(C[Si](C)(C)c2cccc3c2oc2c(N(C)c4ccccc4F)cc(C[Si](C)(C)c4cccc5c4oc4c(N(C)c6ccccc6C(C)(C)C)cccc45)cc23)cc2c1oc1c([Si](C)(C)C)cccc12. The smallest absolute Gasteiger partial charge is 0.159 e. The largest absolute Gasteiger partial charge is 0.454 e. The van der Waals surface area contributed by atoms with Crippen LogP contribution < -0.4 is 30.3 Å². The molecule has 0 bridgehead atoms. The van der Waals surface area contributed by atoms with Crippen molar-refractivity contribution in [1.29, 1.82) is 5.26 Å². The van der Waals surface area contributed by atoms with Gasteiger partial charge in [0, 0.05) is 59.1 Å². The van der Waals surface area contributed by atoms with Crippen molar-refractivity contribution in [2.45, 2.75) is 84.1 Å². The summed E-state index contributed by atoms with van der Waals surface area (Å²) in [5.41, 5.74) is 14.6. The molecule has 11 heteroatoms. The van der Waals surface area contributed by atoms with Crippen LogP contribution in [0.4, 0.5) is 38.5 Å². The highest BCUT2D eigenvalue weighted by molar-refractivity contribution is 6.92. The van der Waals surface area contributed by atoms with Crippen LogP contribution in [-0.4, -0.2) is 45.4 Å². The molecule has 3 aromatic heterocycles. The van der Waals surface area contributed by atoms with Gasteiger partial charge in [0.15, 0.2) is 16.7 Å². The van der Waals surface area contributed by atoms with E-state index in [0.717, 1.165) is 112 Å². The van der Waals surface area contributed by atoms with Crippen LogP contribution in [0.15, 0.2) is 183 Å². The number of nitrogens with zero attached hydrogens (tertiary/aromatic N) is 4. The van der Waals surface area contributed by atoms with Crippen molar-refractivity contribution >= 4 is 140 Å². The average molecular weight is 1130 g/mol. The Balaban J connectivity index is 0.973. The van der Waals surface area contributed by atoms with Crippen molar-refractivity contribution in [1.82, 2.24) is 0 Å². The van der Waals surface area contributed by atoms with Gasteiger partial charge in [-0.2, -0.15) is 5.26 Å². The van der Waals surface area contributed by atoms with Crippen LogP contribution in [0.5, 0.6) is 0 Å². The van der Waals surface area contributed by atoms with Crippen LogP contribution in [0, 0.1) is 17.1 Å². The van der Waals surface area contributed by atoms with Crippen LogP contribution in [0.1, 0.15) is 43.0 Å². The second kappa shape index (κ2) is 20.1. The summed E-state index contributed by atoms with van der Waals surface area (Å²) in [6.07, 6.45) is 0. The quantitative estimate of drug-likeness (QED) is 0.107. The van der Waals surface area contributed by atoms with Gasteiger partial charge in [-0.25, -0.2) is 4.39 Å². The Kier molecular flexibility index (Phi) is 13.3. The summed E-state index contributed by atoms with van der Waals surface area (Å²) < 4.78 is 37.4. The average Bonchev–Trinajstić information content (AvgIpc) is 2.20. The summed E-state index contributed by atoms with van der Waals surface area (Å²) in [5, 5.41) is 20.5. The number of rotatable bonds is 13. The summed E-state index contributed by atoms with van der Waals surface area (Å²) in [7, 11) is -0.504. The van der Waals surface area contributed by atoms with Gasteiger partial charge in [0.1, 0.15) is 28.6 Å². The highest BCUT2D eigenvalue weighted by atomic mass is 28.3. The van der Waals surface area contributed by atoms with Crippen molar-refractivity contribution in [3.8, 4) is 6.07 Å². The number of halogens is 1. The van der Waals surface area contributed by atoms with E-state index in [9.17, 15) is 5.26 Å². The molecule has 12 rings (SSSR count). The third kappa shape index (κ3) is 9.31. The van der Waals surface area contributed by atoms with Gasteiger partial charge in [0.05, 0.1) is 58.2 Å². The minimum atomic E-state index is -2.44. The molecule has 9 aromatic carbocycles. The molecular weight excluding hydrogens is 1060 g/mol. The van der Waals surface area contributed by atoms with Crippen LogP contribution in [0.3, 0.4) is 0 Å². The highest BCUT2D eigenvalue weighted by Gasteiger charge is 2.34. The first kappa shape index (κ1) is 54.4. The van der Waals surface area contributed by atoms with Crippen molar-refractivity contribution < 1.29 is 17.6 Å². The lowest BCUT2D eigenvalue weighted by molar-refractivity contribution is 0.590. The zero-order valence-electron chi connectivity index (χ0n) is 49.5. The van der Waals surface area contributed by atoms with Crippen LogP contribution >= 0.6 is 0 Å². The Morgan fingerprint density at radius 1 is 0.415 bits per heavy atom. The predicted molar refractivity (Wildman–Crippen MR) is 353 cm³/mol. The number of hydrogen-bond acceptors (Lipinski definition) is 7. The van der Waals surface area contributed by atoms with Crippen molar-refractivity contribution in [2.75, 3.05) is 35.8 Å². The van der Waals surface area contributed by atoms with E-state index in [-0.39, 0.29) is 11.2 Å². The molecule has 0 saturated carbocycles. The van der Waals surface area contributed by atoms with E-state index in [0.29, 0.717) is 11.3 Å². The lowest BCUT2D eigenvalue weighted by Gasteiger charge is -2.29. The molecule has 0 N–H and O–H groups in total.